The zero-order valence-corrected chi connectivity index (χ0v) is 13.7. The summed E-state index contributed by atoms with van der Waals surface area (Å²) in [5.74, 6) is -1.40. The van der Waals surface area contributed by atoms with E-state index < -0.39 is 35.2 Å². The summed E-state index contributed by atoms with van der Waals surface area (Å²) in [5.41, 5.74) is -1.09. The van der Waals surface area contributed by atoms with Crippen molar-refractivity contribution in [3.05, 3.63) is 71.3 Å². The Bertz CT molecular complexity index is 758. The molecule has 0 aromatic heterocycles. The Hall–Kier alpha value is -2.83. The Kier molecular flexibility index (Phi) is 5.46. The van der Waals surface area contributed by atoms with Gasteiger partial charge < -0.3 is 10.2 Å². The number of nitrogens with zero attached hydrogens (tertiary/aromatic N) is 1. The van der Waals surface area contributed by atoms with E-state index in [-0.39, 0.29) is 0 Å². The summed E-state index contributed by atoms with van der Waals surface area (Å²) in [7, 11) is 3.02. The lowest BCUT2D eigenvalue weighted by atomic mass is 10.0. The summed E-state index contributed by atoms with van der Waals surface area (Å²) in [4.78, 5) is 26.1. The quantitative estimate of drug-likeness (QED) is 0.920. The predicted octanol–water partition coefficient (Wildman–Crippen LogP) is 3.26. The van der Waals surface area contributed by atoms with E-state index in [1.807, 2.05) is 0 Å². The number of hydrogen-bond acceptors (Lipinski definition) is 2. The highest BCUT2D eigenvalue weighted by molar-refractivity contribution is 5.99. The van der Waals surface area contributed by atoms with E-state index >= 15 is 0 Å². The molecule has 0 bridgehead atoms. The fraction of sp³-hybridized carbons (Fsp3) is 0.222. The minimum Gasteiger partial charge on any atom is -0.347 e. The molecule has 4 nitrogen and oxygen atoms in total. The van der Waals surface area contributed by atoms with Crippen LogP contribution in [0.2, 0.25) is 0 Å². The SMILES string of the molecule is CN(C)C(=O)[C@@H](NC(=O)c1ccccc1C(F)(F)F)c1ccccc1. The molecule has 0 saturated carbocycles. The molecule has 7 heteroatoms. The van der Waals surface area contributed by atoms with Crippen LogP contribution in [-0.2, 0) is 11.0 Å². The van der Waals surface area contributed by atoms with E-state index in [1.165, 1.54) is 31.1 Å². The highest BCUT2D eigenvalue weighted by atomic mass is 19.4. The van der Waals surface area contributed by atoms with Gasteiger partial charge in [-0.1, -0.05) is 42.5 Å². The Morgan fingerprint density at radius 2 is 1.52 bits per heavy atom. The van der Waals surface area contributed by atoms with Crippen LogP contribution < -0.4 is 5.32 Å². The van der Waals surface area contributed by atoms with Crippen LogP contribution in [0.5, 0.6) is 0 Å². The standard InChI is InChI=1S/C18H17F3N2O2/c1-23(2)17(25)15(12-8-4-3-5-9-12)22-16(24)13-10-6-7-11-14(13)18(19,20)21/h3-11,15H,1-2H3,(H,22,24)/t15-/m0/s1. The van der Waals surface area contributed by atoms with Gasteiger partial charge in [0.1, 0.15) is 6.04 Å². The molecular weight excluding hydrogens is 333 g/mol. The number of halogens is 3. The van der Waals surface area contributed by atoms with Crippen molar-refractivity contribution in [3.63, 3.8) is 0 Å². The van der Waals surface area contributed by atoms with Gasteiger partial charge in [0.05, 0.1) is 11.1 Å². The summed E-state index contributed by atoms with van der Waals surface area (Å²) in [6.07, 6.45) is -4.66. The molecule has 0 fully saturated rings. The fourth-order valence-electron chi connectivity index (χ4n) is 2.33. The third-order valence-corrected chi connectivity index (χ3v) is 3.57. The van der Waals surface area contributed by atoms with E-state index in [0.717, 1.165) is 12.1 Å². The lowest BCUT2D eigenvalue weighted by Gasteiger charge is -2.23. The van der Waals surface area contributed by atoms with Crippen LogP contribution in [0.4, 0.5) is 13.2 Å². The number of likely N-dealkylation sites (N-methyl/N-ethyl adjacent to an activating group) is 1. The van der Waals surface area contributed by atoms with Gasteiger partial charge in [0.25, 0.3) is 5.91 Å². The van der Waals surface area contributed by atoms with Crippen molar-refractivity contribution in [2.24, 2.45) is 0 Å². The van der Waals surface area contributed by atoms with Crippen molar-refractivity contribution < 1.29 is 22.8 Å². The molecule has 132 valence electrons. The van der Waals surface area contributed by atoms with Gasteiger partial charge in [-0.15, -0.1) is 0 Å². The zero-order chi connectivity index (χ0) is 18.6. The lowest BCUT2D eigenvalue weighted by Crippen LogP contribution is -2.40. The van der Waals surface area contributed by atoms with Gasteiger partial charge >= 0.3 is 6.18 Å². The van der Waals surface area contributed by atoms with Crippen LogP contribution in [0.1, 0.15) is 27.5 Å². The maximum Gasteiger partial charge on any atom is 0.417 e. The maximum absolute atomic E-state index is 13.1. The Morgan fingerprint density at radius 3 is 2.08 bits per heavy atom. The second kappa shape index (κ2) is 7.38. The molecule has 0 radical (unpaired) electrons. The highest BCUT2D eigenvalue weighted by Crippen LogP contribution is 2.32. The Morgan fingerprint density at radius 1 is 0.960 bits per heavy atom. The first-order valence-electron chi connectivity index (χ1n) is 7.45. The highest BCUT2D eigenvalue weighted by Gasteiger charge is 2.35. The number of nitrogens with one attached hydrogen (secondary N) is 1. The second-order valence-corrected chi connectivity index (χ2v) is 5.59. The molecule has 0 aliphatic carbocycles. The van der Waals surface area contributed by atoms with E-state index in [2.05, 4.69) is 5.32 Å². The molecule has 0 saturated heterocycles. The average Bonchev–Trinajstić information content (AvgIpc) is 2.58. The molecule has 25 heavy (non-hydrogen) atoms. The molecule has 0 aliphatic rings. The first-order valence-corrected chi connectivity index (χ1v) is 7.45. The molecule has 1 N–H and O–H groups in total. The number of carbonyl (C=O) groups excluding carboxylic acids is 2. The third-order valence-electron chi connectivity index (χ3n) is 3.57. The van der Waals surface area contributed by atoms with Gasteiger partial charge in [0.2, 0.25) is 5.91 Å². The molecule has 0 heterocycles. The number of rotatable bonds is 4. The van der Waals surface area contributed by atoms with Crippen molar-refractivity contribution in [1.82, 2.24) is 10.2 Å². The molecule has 2 aromatic rings. The summed E-state index contributed by atoms with van der Waals surface area (Å²) < 4.78 is 39.3. The van der Waals surface area contributed by atoms with Crippen LogP contribution in [0.3, 0.4) is 0 Å². The van der Waals surface area contributed by atoms with Gasteiger partial charge in [0, 0.05) is 14.1 Å². The molecule has 2 amide bonds. The van der Waals surface area contributed by atoms with Gasteiger partial charge in [-0.25, -0.2) is 0 Å². The van der Waals surface area contributed by atoms with Crippen LogP contribution in [-0.4, -0.2) is 30.8 Å². The van der Waals surface area contributed by atoms with Gasteiger partial charge in [-0.3, -0.25) is 9.59 Å². The Labute approximate surface area is 143 Å². The fourth-order valence-corrected chi connectivity index (χ4v) is 2.33. The van der Waals surface area contributed by atoms with Crippen LogP contribution >= 0.6 is 0 Å². The van der Waals surface area contributed by atoms with Crippen molar-refractivity contribution in [1.29, 1.82) is 0 Å². The third kappa shape index (κ3) is 4.37. The average molecular weight is 350 g/mol. The minimum absolute atomic E-state index is 0.441. The van der Waals surface area contributed by atoms with Gasteiger partial charge in [-0.2, -0.15) is 13.2 Å². The molecule has 0 spiro atoms. The number of carbonyl (C=O) groups is 2. The summed E-state index contributed by atoms with van der Waals surface area (Å²) in [6.45, 7) is 0. The summed E-state index contributed by atoms with van der Waals surface area (Å²) in [5, 5.41) is 2.41. The van der Waals surface area contributed by atoms with Crippen molar-refractivity contribution in [2.75, 3.05) is 14.1 Å². The van der Waals surface area contributed by atoms with Crippen molar-refractivity contribution in [3.8, 4) is 0 Å². The van der Waals surface area contributed by atoms with E-state index in [0.29, 0.717) is 5.56 Å². The van der Waals surface area contributed by atoms with E-state index in [4.69, 9.17) is 0 Å². The summed E-state index contributed by atoms with van der Waals surface area (Å²) in [6, 6.07) is 11.7. The molecule has 0 unspecified atom stereocenters. The van der Waals surface area contributed by atoms with Crippen LogP contribution in [0.25, 0.3) is 0 Å². The smallest absolute Gasteiger partial charge is 0.347 e. The van der Waals surface area contributed by atoms with Crippen molar-refractivity contribution in [2.45, 2.75) is 12.2 Å². The van der Waals surface area contributed by atoms with E-state index in [9.17, 15) is 22.8 Å². The van der Waals surface area contributed by atoms with Crippen molar-refractivity contribution >= 4 is 11.8 Å². The zero-order valence-electron chi connectivity index (χ0n) is 13.7. The van der Waals surface area contributed by atoms with Gasteiger partial charge in [-0.05, 0) is 17.7 Å². The monoisotopic (exact) mass is 350 g/mol. The number of alkyl halides is 3. The normalized spacial score (nSPS) is 12.4. The predicted molar refractivity (Wildman–Crippen MR) is 86.8 cm³/mol. The molecule has 2 aromatic carbocycles. The Balaban J connectivity index is 2.37. The molecular formula is C18H17F3N2O2. The topological polar surface area (TPSA) is 49.4 Å². The van der Waals surface area contributed by atoms with Gasteiger partial charge in [0.15, 0.2) is 0 Å². The molecule has 0 aliphatic heterocycles. The largest absolute Gasteiger partial charge is 0.417 e. The molecule has 2 rings (SSSR count). The molecule has 1 atom stereocenters. The lowest BCUT2D eigenvalue weighted by molar-refractivity contribution is -0.137. The number of amides is 2. The summed E-state index contributed by atoms with van der Waals surface area (Å²) >= 11 is 0. The number of benzene rings is 2. The van der Waals surface area contributed by atoms with Crippen LogP contribution in [0, 0.1) is 0 Å². The first kappa shape index (κ1) is 18.5. The first-order chi connectivity index (χ1) is 11.7. The maximum atomic E-state index is 13.1. The second-order valence-electron chi connectivity index (χ2n) is 5.59. The van der Waals surface area contributed by atoms with Crippen LogP contribution in [0.15, 0.2) is 54.6 Å². The number of hydrogen-bond donors (Lipinski definition) is 1. The van der Waals surface area contributed by atoms with E-state index in [1.54, 1.807) is 30.3 Å². The minimum atomic E-state index is -4.66.